The monoisotopic (exact) mass is 374 g/mol. The third-order valence-corrected chi connectivity index (χ3v) is 2.02. The summed E-state index contributed by atoms with van der Waals surface area (Å²) in [4.78, 5) is 15.5. The first-order chi connectivity index (χ1) is 8.58. The second-order valence-corrected chi connectivity index (χ2v) is 3.93. The molecule has 0 fully saturated rings. The van der Waals surface area contributed by atoms with Gasteiger partial charge < -0.3 is 16.4 Å². The summed E-state index contributed by atoms with van der Waals surface area (Å²) in [6.07, 6.45) is 0. The summed E-state index contributed by atoms with van der Waals surface area (Å²) in [6, 6.07) is 9.20. The molecule has 1 aromatic carbocycles. The number of anilines is 1. The van der Waals surface area contributed by atoms with Gasteiger partial charge in [-0.15, -0.1) is 24.0 Å². The van der Waals surface area contributed by atoms with Crippen molar-refractivity contribution in [1.29, 1.82) is 0 Å². The van der Waals surface area contributed by atoms with Crippen LogP contribution in [0.5, 0.6) is 0 Å². The number of hydrogen-bond donors (Lipinski definition) is 3. The smallest absolute Gasteiger partial charge is 0.246 e. The van der Waals surface area contributed by atoms with E-state index in [4.69, 9.17) is 5.73 Å². The van der Waals surface area contributed by atoms with Crippen LogP contribution in [0.1, 0.15) is 6.92 Å². The van der Waals surface area contributed by atoms with E-state index < -0.39 is 0 Å². The topological polar surface area (TPSA) is 79.5 Å². The van der Waals surface area contributed by atoms with Gasteiger partial charge in [-0.2, -0.15) is 0 Å². The zero-order valence-corrected chi connectivity index (χ0v) is 13.2. The normalized spacial score (nSPS) is 10.3. The van der Waals surface area contributed by atoms with Crippen molar-refractivity contribution in [3.05, 3.63) is 42.5 Å². The maximum atomic E-state index is 11.5. The molecule has 0 radical (unpaired) electrons. The van der Waals surface area contributed by atoms with Gasteiger partial charge in [0.15, 0.2) is 5.96 Å². The van der Waals surface area contributed by atoms with Gasteiger partial charge in [0.05, 0.1) is 0 Å². The van der Waals surface area contributed by atoms with Gasteiger partial charge in [-0.3, -0.25) is 4.79 Å². The molecule has 0 aromatic heterocycles. The van der Waals surface area contributed by atoms with Crippen LogP contribution in [0.2, 0.25) is 0 Å². The summed E-state index contributed by atoms with van der Waals surface area (Å²) in [5.41, 5.74) is 7.27. The molecule has 0 aliphatic heterocycles. The Bertz CT molecular complexity index is 445. The molecular weight excluding hydrogens is 355 g/mol. The molecule has 0 aliphatic carbocycles. The van der Waals surface area contributed by atoms with E-state index in [-0.39, 0.29) is 42.4 Å². The minimum Gasteiger partial charge on any atom is -0.370 e. The molecule has 0 spiro atoms. The highest BCUT2D eigenvalue weighted by atomic mass is 127. The molecule has 6 heteroatoms. The van der Waals surface area contributed by atoms with E-state index in [9.17, 15) is 4.79 Å². The van der Waals surface area contributed by atoms with E-state index in [0.29, 0.717) is 6.54 Å². The number of guanidine groups is 1. The van der Waals surface area contributed by atoms with Crippen molar-refractivity contribution in [1.82, 2.24) is 5.32 Å². The van der Waals surface area contributed by atoms with Gasteiger partial charge in [-0.25, -0.2) is 4.99 Å². The van der Waals surface area contributed by atoms with Crippen molar-refractivity contribution < 1.29 is 4.79 Å². The molecule has 1 aromatic rings. The molecule has 0 unspecified atom stereocenters. The summed E-state index contributed by atoms with van der Waals surface area (Å²) in [7, 11) is 0. The van der Waals surface area contributed by atoms with E-state index in [2.05, 4.69) is 22.2 Å². The number of halogens is 1. The maximum Gasteiger partial charge on any atom is 0.246 e. The number of hydrogen-bond acceptors (Lipinski definition) is 2. The largest absolute Gasteiger partial charge is 0.370 e. The van der Waals surface area contributed by atoms with Gasteiger partial charge in [0.2, 0.25) is 5.91 Å². The highest BCUT2D eigenvalue weighted by Crippen LogP contribution is 2.04. The first-order valence-corrected chi connectivity index (χ1v) is 5.61. The SMILES string of the molecule is C=C(C)CNC(N)=NCC(=O)Nc1ccccc1.I. The van der Waals surface area contributed by atoms with Crippen LogP contribution in [0, 0.1) is 0 Å². The van der Waals surface area contributed by atoms with Crippen molar-refractivity contribution in [2.75, 3.05) is 18.4 Å². The van der Waals surface area contributed by atoms with E-state index in [1.54, 1.807) is 0 Å². The Morgan fingerprint density at radius 2 is 2.00 bits per heavy atom. The second-order valence-electron chi connectivity index (χ2n) is 3.93. The van der Waals surface area contributed by atoms with E-state index >= 15 is 0 Å². The zero-order valence-electron chi connectivity index (χ0n) is 10.8. The number of nitrogens with zero attached hydrogens (tertiary/aromatic N) is 1. The average Bonchev–Trinajstić information content (AvgIpc) is 2.35. The Morgan fingerprint density at radius 1 is 1.37 bits per heavy atom. The van der Waals surface area contributed by atoms with Gasteiger partial charge in [-0.05, 0) is 19.1 Å². The van der Waals surface area contributed by atoms with Crippen molar-refractivity contribution in [3.8, 4) is 0 Å². The molecule has 0 saturated carbocycles. The minimum absolute atomic E-state index is 0. The Labute approximate surface area is 130 Å². The predicted octanol–water partition coefficient (Wildman–Crippen LogP) is 1.72. The van der Waals surface area contributed by atoms with Gasteiger partial charge in [0, 0.05) is 12.2 Å². The number of nitrogens with one attached hydrogen (secondary N) is 2. The molecule has 19 heavy (non-hydrogen) atoms. The zero-order chi connectivity index (χ0) is 13.4. The number of rotatable bonds is 5. The fourth-order valence-corrected chi connectivity index (χ4v) is 1.18. The third-order valence-electron chi connectivity index (χ3n) is 2.02. The van der Waals surface area contributed by atoms with Crippen LogP contribution in [0.4, 0.5) is 5.69 Å². The summed E-state index contributed by atoms with van der Waals surface area (Å²) >= 11 is 0. The van der Waals surface area contributed by atoms with Crippen LogP contribution in [0.25, 0.3) is 0 Å². The Kier molecular flexibility index (Phi) is 8.60. The molecule has 0 saturated heterocycles. The highest BCUT2D eigenvalue weighted by molar-refractivity contribution is 14.0. The lowest BCUT2D eigenvalue weighted by Crippen LogP contribution is -2.33. The summed E-state index contributed by atoms with van der Waals surface area (Å²) < 4.78 is 0. The van der Waals surface area contributed by atoms with Crippen molar-refractivity contribution >= 4 is 41.5 Å². The molecular formula is C13H19IN4O. The van der Waals surface area contributed by atoms with Crippen LogP contribution >= 0.6 is 24.0 Å². The molecule has 1 rings (SSSR count). The number of nitrogens with two attached hydrogens (primary N) is 1. The summed E-state index contributed by atoms with van der Waals surface area (Å²) in [6.45, 7) is 6.14. The van der Waals surface area contributed by atoms with Crippen molar-refractivity contribution in [2.24, 2.45) is 10.7 Å². The van der Waals surface area contributed by atoms with Crippen LogP contribution in [-0.2, 0) is 4.79 Å². The Hall–Kier alpha value is -1.57. The highest BCUT2D eigenvalue weighted by Gasteiger charge is 2.00. The number of carbonyl (C=O) groups is 1. The predicted molar refractivity (Wildman–Crippen MR) is 89.8 cm³/mol. The first kappa shape index (κ1) is 17.4. The van der Waals surface area contributed by atoms with Crippen LogP contribution in [-0.4, -0.2) is 25.0 Å². The number of para-hydroxylation sites is 1. The molecule has 4 N–H and O–H groups in total. The third kappa shape index (κ3) is 8.20. The molecule has 0 atom stereocenters. The summed E-state index contributed by atoms with van der Waals surface area (Å²) in [5, 5.41) is 5.56. The molecule has 104 valence electrons. The molecule has 0 heterocycles. The first-order valence-electron chi connectivity index (χ1n) is 5.61. The van der Waals surface area contributed by atoms with E-state index in [1.807, 2.05) is 37.3 Å². The van der Waals surface area contributed by atoms with Crippen molar-refractivity contribution in [2.45, 2.75) is 6.92 Å². The lowest BCUT2D eigenvalue weighted by molar-refractivity contribution is -0.114. The van der Waals surface area contributed by atoms with Crippen LogP contribution in [0.3, 0.4) is 0 Å². The number of carbonyl (C=O) groups excluding carboxylic acids is 1. The van der Waals surface area contributed by atoms with E-state index in [0.717, 1.165) is 11.3 Å². The minimum atomic E-state index is -0.207. The maximum absolute atomic E-state index is 11.5. The average molecular weight is 374 g/mol. The Balaban J connectivity index is 0.00000324. The lowest BCUT2D eigenvalue weighted by Gasteiger charge is -2.05. The lowest BCUT2D eigenvalue weighted by atomic mass is 10.3. The molecule has 0 aliphatic rings. The second kappa shape index (κ2) is 9.37. The van der Waals surface area contributed by atoms with Crippen LogP contribution in [0.15, 0.2) is 47.5 Å². The van der Waals surface area contributed by atoms with E-state index in [1.165, 1.54) is 0 Å². The van der Waals surface area contributed by atoms with Gasteiger partial charge in [0.25, 0.3) is 0 Å². The standard InChI is InChI=1S/C13H18N4O.HI/c1-10(2)8-15-13(14)16-9-12(18)17-11-6-4-3-5-7-11;/h3-7H,1,8-9H2,2H3,(H,17,18)(H3,14,15,16);1H. The molecule has 0 bridgehead atoms. The number of benzene rings is 1. The number of amides is 1. The summed E-state index contributed by atoms with van der Waals surface area (Å²) in [5.74, 6) is 0.0301. The van der Waals surface area contributed by atoms with Crippen molar-refractivity contribution in [3.63, 3.8) is 0 Å². The van der Waals surface area contributed by atoms with Crippen LogP contribution < -0.4 is 16.4 Å². The van der Waals surface area contributed by atoms with Gasteiger partial charge in [0.1, 0.15) is 6.54 Å². The quantitative estimate of drug-likeness (QED) is 0.318. The molecule has 1 amide bonds. The molecule has 5 nitrogen and oxygen atoms in total. The fraction of sp³-hybridized carbons (Fsp3) is 0.231. The fourth-order valence-electron chi connectivity index (χ4n) is 1.18. The van der Waals surface area contributed by atoms with Gasteiger partial charge >= 0.3 is 0 Å². The number of aliphatic imine (C=N–C) groups is 1. The Morgan fingerprint density at radius 3 is 2.58 bits per heavy atom. The van der Waals surface area contributed by atoms with Gasteiger partial charge in [-0.1, -0.05) is 30.4 Å².